The van der Waals surface area contributed by atoms with Crippen LogP contribution in [0.1, 0.15) is 12.2 Å². The third-order valence-corrected chi connectivity index (χ3v) is 3.16. The number of nitrogens with one attached hydrogen (secondary N) is 2. The van der Waals surface area contributed by atoms with E-state index in [9.17, 15) is 4.79 Å². The number of hydrogen-bond acceptors (Lipinski definition) is 3. The molecule has 6 heteroatoms. The molecule has 1 heterocycles. The maximum Gasteiger partial charge on any atom is 0.225 e. The zero-order valence-corrected chi connectivity index (χ0v) is 12.2. The minimum Gasteiger partial charge on any atom is -0.468 e. The van der Waals surface area contributed by atoms with E-state index < -0.39 is 0 Å². The Morgan fingerprint density at radius 2 is 2.10 bits per heavy atom. The molecule has 2 N–H and O–H groups in total. The fourth-order valence-electron chi connectivity index (χ4n) is 1.63. The number of halogens is 2. The van der Waals surface area contributed by atoms with Gasteiger partial charge in [-0.2, -0.15) is 0 Å². The molecule has 20 heavy (non-hydrogen) atoms. The second kappa shape index (κ2) is 7.33. The Bertz CT molecular complexity index is 571. The molecule has 0 atom stereocenters. The van der Waals surface area contributed by atoms with E-state index in [1.54, 1.807) is 24.5 Å². The van der Waals surface area contributed by atoms with Crippen LogP contribution in [0.3, 0.4) is 0 Å². The normalized spacial score (nSPS) is 10.5. The molecule has 2 rings (SSSR count). The number of hydrogen-bond donors (Lipinski definition) is 2. The van der Waals surface area contributed by atoms with Gasteiger partial charge in [-0.25, -0.2) is 0 Å². The number of benzene rings is 1. The van der Waals surface area contributed by atoms with Crippen LogP contribution in [0.15, 0.2) is 41.0 Å². The first kappa shape index (κ1) is 14.9. The fourth-order valence-corrected chi connectivity index (χ4v) is 2.09. The predicted octanol–water partition coefficient (Wildman–Crippen LogP) is 3.70. The molecule has 1 aromatic heterocycles. The topological polar surface area (TPSA) is 54.3 Å². The van der Waals surface area contributed by atoms with Crippen molar-refractivity contribution in [3.63, 3.8) is 0 Å². The van der Waals surface area contributed by atoms with Crippen LogP contribution in [0.5, 0.6) is 0 Å². The first-order valence-corrected chi connectivity index (χ1v) is 6.89. The van der Waals surface area contributed by atoms with Crippen molar-refractivity contribution in [2.24, 2.45) is 0 Å². The van der Waals surface area contributed by atoms with Crippen LogP contribution in [-0.2, 0) is 11.3 Å². The van der Waals surface area contributed by atoms with E-state index in [0.29, 0.717) is 35.2 Å². The van der Waals surface area contributed by atoms with E-state index in [4.69, 9.17) is 27.6 Å². The van der Waals surface area contributed by atoms with Gasteiger partial charge in [0.25, 0.3) is 0 Å². The lowest BCUT2D eigenvalue weighted by Gasteiger charge is -2.07. The maximum atomic E-state index is 11.7. The number of rotatable bonds is 6. The molecule has 0 aliphatic rings. The third kappa shape index (κ3) is 4.56. The molecule has 1 amide bonds. The van der Waals surface area contributed by atoms with Crippen molar-refractivity contribution in [2.45, 2.75) is 13.0 Å². The molecule has 106 valence electrons. The van der Waals surface area contributed by atoms with E-state index in [0.717, 1.165) is 5.76 Å². The van der Waals surface area contributed by atoms with Gasteiger partial charge in [0.1, 0.15) is 5.76 Å². The highest BCUT2D eigenvalue weighted by Crippen LogP contribution is 2.25. The van der Waals surface area contributed by atoms with Crippen molar-refractivity contribution >= 4 is 34.8 Å². The summed E-state index contributed by atoms with van der Waals surface area (Å²) in [4.78, 5) is 11.7. The smallest absolute Gasteiger partial charge is 0.225 e. The highest BCUT2D eigenvalue weighted by molar-refractivity contribution is 6.36. The van der Waals surface area contributed by atoms with Crippen molar-refractivity contribution in [1.29, 1.82) is 0 Å². The maximum absolute atomic E-state index is 11.7. The Morgan fingerprint density at radius 1 is 1.25 bits per heavy atom. The lowest BCUT2D eigenvalue weighted by molar-refractivity contribution is -0.116. The molecule has 0 saturated carbocycles. The van der Waals surface area contributed by atoms with Gasteiger partial charge in [0, 0.05) is 18.0 Å². The Morgan fingerprint density at radius 3 is 2.80 bits per heavy atom. The summed E-state index contributed by atoms with van der Waals surface area (Å²) >= 11 is 11.8. The van der Waals surface area contributed by atoms with E-state index in [-0.39, 0.29) is 5.91 Å². The lowest BCUT2D eigenvalue weighted by atomic mass is 10.3. The highest BCUT2D eigenvalue weighted by atomic mass is 35.5. The molecule has 0 aliphatic carbocycles. The Hall–Kier alpha value is -1.49. The third-order valence-electron chi connectivity index (χ3n) is 2.61. The van der Waals surface area contributed by atoms with Gasteiger partial charge < -0.3 is 15.1 Å². The van der Waals surface area contributed by atoms with E-state index in [2.05, 4.69) is 10.6 Å². The quantitative estimate of drug-likeness (QED) is 0.800. The molecule has 2 aromatic rings. The van der Waals surface area contributed by atoms with Crippen molar-refractivity contribution in [3.8, 4) is 0 Å². The largest absolute Gasteiger partial charge is 0.468 e. The van der Waals surface area contributed by atoms with Crippen LogP contribution in [0, 0.1) is 0 Å². The van der Waals surface area contributed by atoms with Gasteiger partial charge in [0.15, 0.2) is 0 Å². The second-order valence-electron chi connectivity index (χ2n) is 4.18. The van der Waals surface area contributed by atoms with Gasteiger partial charge in [-0.15, -0.1) is 0 Å². The van der Waals surface area contributed by atoms with Crippen LogP contribution in [0.2, 0.25) is 10.0 Å². The number of carbonyl (C=O) groups is 1. The van der Waals surface area contributed by atoms with Crippen LogP contribution in [-0.4, -0.2) is 12.5 Å². The molecule has 0 spiro atoms. The average molecular weight is 313 g/mol. The molecule has 0 unspecified atom stereocenters. The van der Waals surface area contributed by atoms with E-state index in [1.807, 2.05) is 12.1 Å². The van der Waals surface area contributed by atoms with E-state index >= 15 is 0 Å². The fraction of sp³-hybridized carbons (Fsp3) is 0.214. The number of amides is 1. The Kier molecular flexibility index (Phi) is 5.47. The summed E-state index contributed by atoms with van der Waals surface area (Å²) in [6.45, 7) is 1.15. The SMILES string of the molecule is O=C(CCNCc1ccco1)Nc1ccc(Cl)cc1Cl. The molecular weight excluding hydrogens is 299 g/mol. The number of carbonyl (C=O) groups excluding carboxylic acids is 1. The number of furan rings is 1. The molecule has 0 aliphatic heterocycles. The summed E-state index contributed by atoms with van der Waals surface area (Å²) in [5, 5.41) is 6.82. The summed E-state index contributed by atoms with van der Waals surface area (Å²) in [6.07, 6.45) is 1.96. The van der Waals surface area contributed by atoms with Crippen molar-refractivity contribution in [3.05, 3.63) is 52.4 Å². The van der Waals surface area contributed by atoms with Crippen LogP contribution in [0.25, 0.3) is 0 Å². The molecule has 0 radical (unpaired) electrons. The van der Waals surface area contributed by atoms with E-state index in [1.165, 1.54) is 0 Å². The van der Waals surface area contributed by atoms with Gasteiger partial charge >= 0.3 is 0 Å². The molecule has 0 bridgehead atoms. The van der Waals surface area contributed by atoms with Crippen molar-refractivity contribution in [2.75, 3.05) is 11.9 Å². The minimum absolute atomic E-state index is 0.110. The monoisotopic (exact) mass is 312 g/mol. The molecule has 1 aromatic carbocycles. The van der Waals surface area contributed by atoms with Crippen molar-refractivity contribution < 1.29 is 9.21 Å². The standard InChI is InChI=1S/C14H14Cl2N2O2/c15-10-3-4-13(12(16)8-10)18-14(19)5-6-17-9-11-2-1-7-20-11/h1-4,7-8,17H,5-6,9H2,(H,18,19). The van der Waals surface area contributed by atoms with Gasteiger partial charge in [0.2, 0.25) is 5.91 Å². The summed E-state index contributed by atoms with van der Waals surface area (Å²) in [7, 11) is 0. The van der Waals surface area contributed by atoms with Gasteiger partial charge in [0.05, 0.1) is 23.5 Å². The Labute approximate surface area is 127 Å². The van der Waals surface area contributed by atoms with Crippen molar-refractivity contribution in [1.82, 2.24) is 5.32 Å². The molecule has 4 nitrogen and oxygen atoms in total. The summed E-state index contributed by atoms with van der Waals surface area (Å²) < 4.78 is 5.17. The highest BCUT2D eigenvalue weighted by Gasteiger charge is 2.06. The van der Waals surface area contributed by atoms with Crippen LogP contribution in [0.4, 0.5) is 5.69 Å². The average Bonchev–Trinajstić information content (AvgIpc) is 2.91. The first-order valence-electron chi connectivity index (χ1n) is 6.13. The van der Waals surface area contributed by atoms with Gasteiger partial charge in [-0.3, -0.25) is 4.79 Å². The zero-order chi connectivity index (χ0) is 14.4. The van der Waals surface area contributed by atoms with Gasteiger partial charge in [-0.05, 0) is 30.3 Å². The zero-order valence-electron chi connectivity index (χ0n) is 10.7. The van der Waals surface area contributed by atoms with Crippen LogP contribution >= 0.6 is 23.2 Å². The molecular formula is C14H14Cl2N2O2. The summed E-state index contributed by atoms with van der Waals surface area (Å²) in [5.74, 6) is 0.729. The summed E-state index contributed by atoms with van der Waals surface area (Å²) in [5.41, 5.74) is 0.562. The molecule has 0 fully saturated rings. The number of anilines is 1. The Balaban J connectivity index is 1.72. The lowest BCUT2D eigenvalue weighted by Crippen LogP contribution is -2.21. The second-order valence-corrected chi connectivity index (χ2v) is 5.02. The first-order chi connectivity index (χ1) is 9.65. The van der Waals surface area contributed by atoms with Crippen LogP contribution < -0.4 is 10.6 Å². The van der Waals surface area contributed by atoms with Gasteiger partial charge in [-0.1, -0.05) is 23.2 Å². The predicted molar refractivity (Wildman–Crippen MR) is 80.1 cm³/mol. The molecule has 0 saturated heterocycles. The summed E-state index contributed by atoms with van der Waals surface area (Å²) in [6, 6.07) is 8.65. The minimum atomic E-state index is -0.110.